The molecule has 0 spiro atoms. The smallest absolute Gasteiger partial charge is 0.110 e. The van der Waals surface area contributed by atoms with E-state index in [1.165, 1.54) is 49.2 Å². The second-order valence-electron chi connectivity index (χ2n) is 5.24. The van der Waals surface area contributed by atoms with Gasteiger partial charge in [0.2, 0.25) is 0 Å². The third-order valence-corrected chi connectivity index (χ3v) is 5.31. The third-order valence-electron chi connectivity index (χ3n) is 4.07. The monoisotopic (exact) mass is 266 g/mol. The van der Waals surface area contributed by atoms with Gasteiger partial charge < -0.3 is 5.32 Å². The molecule has 0 bridgehead atoms. The Bertz CT molecular complexity index is 345. The van der Waals surface area contributed by atoms with Crippen molar-refractivity contribution in [3.05, 3.63) is 15.6 Å². The number of fused-ring (bicyclic) bond motifs is 1. The summed E-state index contributed by atoms with van der Waals surface area (Å²) in [7, 11) is 0. The first kappa shape index (κ1) is 14.0. The van der Waals surface area contributed by atoms with E-state index in [0.29, 0.717) is 6.04 Å². The molecule has 2 nitrogen and oxygen atoms in total. The molecule has 0 aliphatic heterocycles. The van der Waals surface area contributed by atoms with Gasteiger partial charge in [-0.3, -0.25) is 0 Å². The molecule has 1 aromatic rings. The second kappa shape index (κ2) is 6.67. The minimum Gasteiger partial charge on any atom is -0.308 e. The Kier molecular flexibility index (Phi) is 5.19. The van der Waals surface area contributed by atoms with Gasteiger partial charge in [0.05, 0.1) is 11.7 Å². The Hall–Kier alpha value is -0.410. The van der Waals surface area contributed by atoms with Gasteiger partial charge in [-0.15, -0.1) is 11.3 Å². The lowest BCUT2D eigenvalue weighted by Gasteiger charge is -2.24. The molecule has 0 aromatic carbocycles. The largest absolute Gasteiger partial charge is 0.308 e. The van der Waals surface area contributed by atoms with E-state index >= 15 is 0 Å². The van der Waals surface area contributed by atoms with Crippen LogP contribution < -0.4 is 5.32 Å². The summed E-state index contributed by atoms with van der Waals surface area (Å²) in [5, 5.41) is 5.00. The summed E-state index contributed by atoms with van der Waals surface area (Å²) < 4.78 is 0. The molecular weight excluding hydrogens is 240 g/mol. The van der Waals surface area contributed by atoms with E-state index in [2.05, 4.69) is 26.1 Å². The van der Waals surface area contributed by atoms with Crippen LogP contribution >= 0.6 is 11.3 Å². The van der Waals surface area contributed by atoms with Gasteiger partial charge in [-0.1, -0.05) is 33.6 Å². The summed E-state index contributed by atoms with van der Waals surface area (Å²) in [6.45, 7) is 7.83. The maximum Gasteiger partial charge on any atom is 0.110 e. The van der Waals surface area contributed by atoms with Gasteiger partial charge in [0.1, 0.15) is 5.01 Å². The van der Waals surface area contributed by atoms with Crippen LogP contribution in [0.5, 0.6) is 0 Å². The lowest BCUT2D eigenvalue weighted by Crippen LogP contribution is -2.27. The molecule has 0 saturated heterocycles. The highest BCUT2D eigenvalue weighted by Gasteiger charge is 2.25. The van der Waals surface area contributed by atoms with Crippen LogP contribution in [0.1, 0.15) is 68.1 Å². The third kappa shape index (κ3) is 2.94. The van der Waals surface area contributed by atoms with Crippen molar-refractivity contribution in [2.24, 2.45) is 5.92 Å². The van der Waals surface area contributed by atoms with Gasteiger partial charge in [-0.25, -0.2) is 4.98 Å². The molecular formula is C15H26N2S. The predicted octanol–water partition coefficient (Wildman–Crippen LogP) is 4.11. The average Bonchev–Trinajstić information content (AvgIpc) is 2.82. The average molecular weight is 266 g/mol. The van der Waals surface area contributed by atoms with E-state index < -0.39 is 0 Å². The number of aromatic nitrogens is 1. The Morgan fingerprint density at radius 1 is 1.17 bits per heavy atom. The molecule has 1 aliphatic rings. The van der Waals surface area contributed by atoms with E-state index in [9.17, 15) is 0 Å². The van der Waals surface area contributed by atoms with Crippen LogP contribution in [-0.2, 0) is 12.8 Å². The fourth-order valence-corrected chi connectivity index (χ4v) is 4.26. The normalized spacial score (nSPS) is 16.9. The second-order valence-corrected chi connectivity index (χ2v) is 6.36. The minimum absolute atomic E-state index is 0.473. The molecule has 1 atom stereocenters. The van der Waals surface area contributed by atoms with Crippen molar-refractivity contribution in [2.75, 3.05) is 6.54 Å². The molecule has 102 valence electrons. The highest BCUT2D eigenvalue weighted by atomic mass is 32.1. The van der Waals surface area contributed by atoms with Crippen molar-refractivity contribution in [3.8, 4) is 0 Å². The molecule has 2 rings (SSSR count). The van der Waals surface area contributed by atoms with Crippen LogP contribution in [0.4, 0.5) is 0 Å². The molecule has 3 heteroatoms. The van der Waals surface area contributed by atoms with Gasteiger partial charge in [0, 0.05) is 4.88 Å². The van der Waals surface area contributed by atoms with Crippen molar-refractivity contribution in [3.63, 3.8) is 0 Å². The molecule has 0 amide bonds. The molecule has 1 aromatic heterocycles. The van der Waals surface area contributed by atoms with Crippen molar-refractivity contribution < 1.29 is 0 Å². The zero-order valence-corrected chi connectivity index (χ0v) is 12.8. The Morgan fingerprint density at radius 2 is 1.89 bits per heavy atom. The van der Waals surface area contributed by atoms with Crippen LogP contribution in [0.25, 0.3) is 0 Å². The van der Waals surface area contributed by atoms with Crippen molar-refractivity contribution >= 4 is 11.3 Å². The lowest BCUT2D eigenvalue weighted by molar-refractivity contribution is 0.345. The van der Waals surface area contributed by atoms with Crippen LogP contribution in [0, 0.1) is 5.92 Å². The van der Waals surface area contributed by atoms with Gasteiger partial charge in [-0.05, 0) is 38.1 Å². The number of nitrogens with zero attached hydrogens (tertiary/aromatic N) is 1. The summed E-state index contributed by atoms with van der Waals surface area (Å²) >= 11 is 1.97. The Labute approximate surface area is 115 Å². The number of thiazole rings is 1. The Morgan fingerprint density at radius 3 is 2.50 bits per heavy atom. The SMILES string of the molecule is CCNC(c1nc2c(s1)CCCC2)C(CC)CC. The maximum absolute atomic E-state index is 4.94. The molecule has 1 unspecified atom stereocenters. The molecule has 1 N–H and O–H groups in total. The Balaban J connectivity index is 2.21. The highest BCUT2D eigenvalue weighted by molar-refractivity contribution is 7.11. The van der Waals surface area contributed by atoms with E-state index in [0.717, 1.165) is 12.5 Å². The lowest BCUT2D eigenvalue weighted by atomic mass is 9.94. The van der Waals surface area contributed by atoms with Crippen LogP contribution in [0.3, 0.4) is 0 Å². The molecule has 1 heterocycles. The van der Waals surface area contributed by atoms with Crippen molar-refractivity contribution in [1.82, 2.24) is 10.3 Å². The zero-order valence-electron chi connectivity index (χ0n) is 12.0. The van der Waals surface area contributed by atoms with E-state index in [1.807, 2.05) is 11.3 Å². The van der Waals surface area contributed by atoms with E-state index in [1.54, 1.807) is 4.88 Å². The van der Waals surface area contributed by atoms with Crippen LogP contribution in [-0.4, -0.2) is 11.5 Å². The standard InChI is InChI=1S/C15H26N2S/c1-4-11(5-2)14(16-6-3)15-17-12-9-7-8-10-13(12)18-15/h11,14,16H,4-10H2,1-3H3. The fourth-order valence-electron chi connectivity index (χ4n) is 2.94. The fraction of sp³-hybridized carbons (Fsp3) is 0.800. The summed E-state index contributed by atoms with van der Waals surface area (Å²) in [5.74, 6) is 0.720. The number of hydrogen-bond acceptors (Lipinski definition) is 3. The highest BCUT2D eigenvalue weighted by Crippen LogP contribution is 2.34. The first-order chi connectivity index (χ1) is 8.80. The number of hydrogen-bond donors (Lipinski definition) is 1. The van der Waals surface area contributed by atoms with E-state index in [4.69, 9.17) is 4.98 Å². The van der Waals surface area contributed by atoms with Gasteiger partial charge in [-0.2, -0.15) is 0 Å². The number of aryl methyl sites for hydroxylation is 2. The molecule has 0 fully saturated rings. The van der Waals surface area contributed by atoms with Crippen molar-refractivity contribution in [1.29, 1.82) is 0 Å². The summed E-state index contributed by atoms with van der Waals surface area (Å²) in [6, 6.07) is 0.473. The molecule has 18 heavy (non-hydrogen) atoms. The maximum atomic E-state index is 4.94. The predicted molar refractivity (Wildman–Crippen MR) is 79.2 cm³/mol. The van der Waals surface area contributed by atoms with Crippen molar-refractivity contribution in [2.45, 2.75) is 65.3 Å². The number of rotatable bonds is 6. The quantitative estimate of drug-likeness (QED) is 0.838. The van der Waals surface area contributed by atoms with Gasteiger partial charge in [0.25, 0.3) is 0 Å². The molecule has 0 saturated carbocycles. The minimum atomic E-state index is 0.473. The summed E-state index contributed by atoms with van der Waals surface area (Å²) in [6.07, 6.45) is 7.61. The van der Waals surface area contributed by atoms with Gasteiger partial charge >= 0.3 is 0 Å². The summed E-state index contributed by atoms with van der Waals surface area (Å²) in [4.78, 5) is 6.50. The first-order valence-corrected chi connectivity index (χ1v) is 8.33. The van der Waals surface area contributed by atoms with E-state index in [-0.39, 0.29) is 0 Å². The van der Waals surface area contributed by atoms with Crippen LogP contribution in [0.15, 0.2) is 0 Å². The topological polar surface area (TPSA) is 24.9 Å². The van der Waals surface area contributed by atoms with Crippen LogP contribution in [0.2, 0.25) is 0 Å². The summed E-state index contributed by atoms with van der Waals surface area (Å²) in [5.41, 5.74) is 1.40. The zero-order chi connectivity index (χ0) is 13.0. The first-order valence-electron chi connectivity index (χ1n) is 7.51. The van der Waals surface area contributed by atoms with Gasteiger partial charge in [0.15, 0.2) is 0 Å². The molecule has 1 aliphatic carbocycles. The molecule has 0 radical (unpaired) electrons. The number of nitrogens with one attached hydrogen (secondary N) is 1.